The number of aliphatic hydroxyl groups is 1. The summed E-state index contributed by atoms with van der Waals surface area (Å²) >= 11 is 0. The minimum atomic E-state index is -1.70. The second-order valence-corrected chi connectivity index (χ2v) is 8.23. The Morgan fingerprint density at radius 1 is 1.11 bits per heavy atom. The molecular weight excluding hydrogens is 356 g/mol. The molecule has 0 radical (unpaired) electrons. The van der Waals surface area contributed by atoms with Gasteiger partial charge in [-0.1, -0.05) is 56.3 Å². The maximum Gasteiger partial charge on any atom is 0.366 e. The van der Waals surface area contributed by atoms with Crippen LogP contribution in [0, 0.1) is 12.3 Å². The highest BCUT2D eigenvalue weighted by Crippen LogP contribution is 2.36. The Labute approximate surface area is 163 Å². The van der Waals surface area contributed by atoms with Gasteiger partial charge >= 0.3 is 5.63 Å². The smallest absolute Gasteiger partial charge is 0.366 e. The highest BCUT2D eigenvalue weighted by molar-refractivity contribution is 5.99. The quantitative estimate of drug-likeness (QED) is 0.719. The molecule has 1 unspecified atom stereocenters. The number of nitrogens with zero attached hydrogens (tertiary/aromatic N) is 1. The van der Waals surface area contributed by atoms with Crippen LogP contribution in [0.15, 0.2) is 57.8 Å². The van der Waals surface area contributed by atoms with Crippen LogP contribution in [0.1, 0.15) is 38.4 Å². The first kappa shape index (κ1) is 19.8. The summed E-state index contributed by atoms with van der Waals surface area (Å²) in [7, 11) is 0. The summed E-state index contributed by atoms with van der Waals surface area (Å²) in [5.74, 6) is -0.526. The monoisotopic (exact) mass is 380 g/mol. The molecule has 146 valence electrons. The molecule has 6 nitrogen and oxygen atoms in total. The average molecular weight is 380 g/mol. The van der Waals surface area contributed by atoms with E-state index in [2.05, 4.69) is 10.5 Å². The second-order valence-electron chi connectivity index (χ2n) is 8.23. The van der Waals surface area contributed by atoms with Crippen LogP contribution >= 0.6 is 0 Å². The first-order valence-electron chi connectivity index (χ1n) is 9.10. The largest absolute Gasteiger partial charge is 0.375 e. The van der Waals surface area contributed by atoms with Gasteiger partial charge in [-0.2, -0.15) is 0 Å². The molecule has 1 amide bonds. The van der Waals surface area contributed by atoms with Gasteiger partial charge in [0.15, 0.2) is 5.60 Å². The van der Waals surface area contributed by atoms with Crippen LogP contribution in [-0.2, 0) is 10.4 Å². The van der Waals surface area contributed by atoms with Gasteiger partial charge in [-0.05, 0) is 42.5 Å². The van der Waals surface area contributed by atoms with Crippen LogP contribution in [0.3, 0.4) is 0 Å². The first-order chi connectivity index (χ1) is 13.1. The summed E-state index contributed by atoms with van der Waals surface area (Å²) in [6.07, 6.45) is 0.244. The molecule has 0 aliphatic heterocycles. The lowest BCUT2D eigenvalue weighted by Gasteiger charge is -2.33. The predicted octanol–water partition coefficient (Wildman–Crippen LogP) is 3.76. The summed E-state index contributed by atoms with van der Waals surface area (Å²) in [5, 5.41) is 18.9. The highest BCUT2D eigenvalue weighted by Gasteiger charge is 2.41. The third-order valence-electron chi connectivity index (χ3n) is 4.57. The van der Waals surface area contributed by atoms with Crippen molar-refractivity contribution in [2.45, 2.75) is 39.7 Å². The maximum absolute atomic E-state index is 13.1. The van der Waals surface area contributed by atoms with E-state index in [1.54, 1.807) is 49.4 Å². The molecule has 3 rings (SSSR count). The number of fused-ring (bicyclic) bond motifs is 1. The Balaban J connectivity index is 2.00. The summed E-state index contributed by atoms with van der Waals surface area (Å²) in [5.41, 5.74) is -0.980. The standard InChI is InChI=1S/C22H24N2O4/c1-14-18-12-16(10-11-17(18)19(25)28-24-14)23-20(26)22(27,13-21(2,3)4)15-8-6-5-7-9-15/h5-12,27H,13H2,1-4H3,(H,23,26). The molecule has 0 spiro atoms. The van der Waals surface area contributed by atoms with Crippen molar-refractivity contribution < 1.29 is 14.4 Å². The van der Waals surface area contributed by atoms with Crippen molar-refractivity contribution in [1.29, 1.82) is 0 Å². The van der Waals surface area contributed by atoms with Gasteiger partial charge in [0.1, 0.15) is 0 Å². The van der Waals surface area contributed by atoms with E-state index in [0.29, 0.717) is 27.7 Å². The molecule has 2 N–H and O–H groups in total. The molecule has 0 bridgehead atoms. The third-order valence-corrected chi connectivity index (χ3v) is 4.57. The molecule has 0 aliphatic carbocycles. The topological polar surface area (TPSA) is 92.4 Å². The zero-order valence-electron chi connectivity index (χ0n) is 16.4. The van der Waals surface area contributed by atoms with Gasteiger partial charge in [0.25, 0.3) is 5.91 Å². The number of carbonyl (C=O) groups is 1. The predicted molar refractivity (Wildman–Crippen MR) is 108 cm³/mol. The van der Waals surface area contributed by atoms with E-state index in [1.165, 1.54) is 0 Å². The van der Waals surface area contributed by atoms with Crippen molar-refractivity contribution in [3.63, 3.8) is 0 Å². The zero-order valence-corrected chi connectivity index (χ0v) is 16.4. The van der Waals surface area contributed by atoms with Crippen molar-refractivity contribution in [3.8, 4) is 0 Å². The summed E-state index contributed by atoms with van der Waals surface area (Å²) in [4.78, 5) is 25.0. The van der Waals surface area contributed by atoms with Gasteiger partial charge in [-0.25, -0.2) is 4.79 Å². The fourth-order valence-electron chi connectivity index (χ4n) is 3.34. The fourth-order valence-corrected chi connectivity index (χ4v) is 3.34. The van der Waals surface area contributed by atoms with E-state index >= 15 is 0 Å². The molecule has 0 aliphatic rings. The van der Waals surface area contributed by atoms with Gasteiger partial charge in [0, 0.05) is 11.1 Å². The van der Waals surface area contributed by atoms with E-state index in [-0.39, 0.29) is 11.8 Å². The number of hydrogen-bond donors (Lipinski definition) is 2. The maximum atomic E-state index is 13.1. The molecule has 0 fully saturated rings. The number of rotatable bonds is 4. The minimum Gasteiger partial charge on any atom is -0.375 e. The van der Waals surface area contributed by atoms with Crippen LogP contribution in [0.2, 0.25) is 0 Å². The number of amides is 1. The molecule has 1 aromatic heterocycles. The Morgan fingerprint density at radius 3 is 2.43 bits per heavy atom. The van der Waals surface area contributed by atoms with Crippen molar-refractivity contribution in [3.05, 3.63) is 70.2 Å². The lowest BCUT2D eigenvalue weighted by Crippen LogP contribution is -2.43. The molecule has 3 aromatic rings. The number of aryl methyl sites for hydroxylation is 1. The third kappa shape index (κ3) is 3.97. The first-order valence-corrected chi connectivity index (χ1v) is 9.10. The van der Waals surface area contributed by atoms with Crippen LogP contribution < -0.4 is 10.9 Å². The van der Waals surface area contributed by atoms with Crippen LogP contribution in [0.4, 0.5) is 5.69 Å². The van der Waals surface area contributed by atoms with Gasteiger partial charge in [0.2, 0.25) is 0 Å². The Hall–Kier alpha value is -2.99. The lowest BCUT2D eigenvalue weighted by molar-refractivity contribution is -0.138. The van der Waals surface area contributed by atoms with E-state index in [0.717, 1.165) is 0 Å². The van der Waals surface area contributed by atoms with E-state index in [9.17, 15) is 14.7 Å². The van der Waals surface area contributed by atoms with Crippen LogP contribution in [0.5, 0.6) is 0 Å². The number of aromatic nitrogens is 1. The summed E-state index contributed by atoms with van der Waals surface area (Å²) < 4.78 is 4.73. The Bertz CT molecular complexity index is 1070. The molecule has 0 saturated carbocycles. The second kappa shape index (κ2) is 7.20. The number of nitrogens with one attached hydrogen (secondary N) is 1. The van der Waals surface area contributed by atoms with Gasteiger partial charge < -0.3 is 14.9 Å². The Kier molecular flexibility index (Phi) is 5.08. The van der Waals surface area contributed by atoms with E-state index < -0.39 is 17.1 Å². The van der Waals surface area contributed by atoms with Gasteiger partial charge in [-0.15, -0.1) is 0 Å². The minimum absolute atomic E-state index is 0.244. The van der Waals surface area contributed by atoms with Crippen LogP contribution in [0.25, 0.3) is 10.8 Å². The van der Waals surface area contributed by atoms with E-state index in [1.807, 2.05) is 26.8 Å². The number of anilines is 1. The van der Waals surface area contributed by atoms with Crippen molar-refractivity contribution in [2.75, 3.05) is 5.32 Å². The molecule has 1 atom stereocenters. The molecular formula is C22H24N2O4. The average Bonchev–Trinajstić information content (AvgIpc) is 2.64. The molecule has 28 heavy (non-hydrogen) atoms. The fraction of sp³-hybridized carbons (Fsp3) is 0.318. The highest BCUT2D eigenvalue weighted by atomic mass is 16.5. The molecule has 6 heteroatoms. The summed E-state index contributed by atoms with van der Waals surface area (Å²) in [6.45, 7) is 7.63. The van der Waals surface area contributed by atoms with Gasteiger partial charge in [0.05, 0.1) is 11.1 Å². The zero-order chi connectivity index (χ0) is 20.5. The normalized spacial score (nSPS) is 13.9. The SMILES string of the molecule is Cc1noc(=O)c2ccc(NC(=O)C(O)(CC(C)(C)C)c3ccccc3)cc12. The van der Waals surface area contributed by atoms with Crippen LogP contribution in [-0.4, -0.2) is 16.2 Å². The molecule has 2 aromatic carbocycles. The lowest BCUT2D eigenvalue weighted by atomic mass is 9.77. The van der Waals surface area contributed by atoms with Gasteiger partial charge in [-0.3, -0.25) is 4.79 Å². The number of hydrogen-bond acceptors (Lipinski definition) is 5. The van der Waals surface area contributed by atoms with Crippen molar-refractivity contribution in [1.82, 2.24) is 5.16 Å². The number of benzene rings is 2. The van der Waals surface area contributed by atoms with Crippen molar-refractivity contribution in [2.24, 2.45) is 5.41 Å². The van der Waals surface area contributed by atoms with E-state index in [4.69, 9.17) is 4.52 Å². The number of carbonyl (C=O) groups excluding carboxylic acids is 1. The Morgan fingerprint density at radius 2 is 1.79 bits per heavy atom. The molecule has 1 heterocycles. The summed E-state index contributed by atoms with van der Waals surface area (Å²) in [6, 6.07) is 13.8. The van der Waals surface area contributed by atoms with Crippen molar-refractivity contribution >= 4 is 22.4 Å². The molecule has 0 saturated heterocycles.